The minimum atomic E-state index is -3.10. The van der Waals surface area contributed by atoms with Gasteiger partial charge >= 0.3 is 0 Å². The van der Waals surface area contributed by atoms with Crippen molar-refractivity contribution in [2.45, 2.75) is 43.4 Å². The van der Waals surface area contributed by atoms with Crippen LogP contribution in [0.3, 0.4) is 0 Å². The molecular formula is C18H21FN2O3S2. The number of hydrogen-bond acceptors (Lipinski definition) is 4. The molecule has 2 heterocycles. The molecule has 2 atom stereocenters. The summed E-state index contributed by atoms with van der Waals surface area (Å²) >= 11 is 1.37. The standard InChI is InChI=1S/C18H21FN2O3S2/c19-13-6-8-14(9-7-13)21-15-10-26(23,24)11-16(15)25-18(21)20-17(22)12-4-2-1-3-5-12/h6-9,12,15-16H,1-5,10-11H2/t15-,16-/m1/s1. The van der Waals surface area contributed by atoms with E-state index in [0.717, 1.165) is 25.7 Å². The van der Waals surface area contributed by atoms with Gasteiger partial charge in [0.1, 0.15) is 5.82 Å². The van der Waals surface area contributed by atoms with Crippen LogP contribution in [0.4, 0.5) is 10.1 Å². The summed E-state index contributed by atoms with van der Waals surface area (Å²) in [7, 11) is -3.10. The van der Waals surface area contributed by atoms with E-state index in [0.29, 0.717) is 10.9 Å². The number of sulfone groups is 1. The normalized spacial score (nSPS) is 29.9. The molecule has 1 aromatic carbocycles. The summed E-state index contributed by atoms with van der Waals surface area (Å²) in [5.41, 5.74) is 0.679. The molecule has 1 aliphatic carbocycles. The summed E-state index contributed by atoms with van der Waals surface area (Å²) in [5.74, 6) is -0.360. The number of hydrogen-bond donors (Lipinski definition) is 0. The number of carbonyl (C=O) groups is 1. The van der Waals surface area contributed by atoms with Crippen molar-refractivity contribution in [2.75, 3.05) is 16.4 Å². The van der Waals surface area contributed by atoms with Gasteiger partial charge in [0.25, 0.3) is 5.91 Å². The highest BCUT2D eigenvalue weighted by Gasteiger charge is 2.49. The maximum Gasteiger partial charge on any atom is 0.251 e. The van der Waals surface area contributed by atoms with Crippen LogP contribution >= 0.6 is 11.8 Å². The SMILES string of the molecule is O=C(N=C1S[C@@H]2CS(=O)(=O)C[C@H]2N1c1ccc(F)cc1)C1CCCCC1. The topological polar surface area (TPSA) is 66.8 Å². The number of thioether (sulfide) groups is 1. The zero-order chi connectivity index (χ0) is 18.3. The average Bonchev–Trinajstić information content (AvgIpc) is 3.07. The largest absolute Gasteiger partial charge is 0.316 e. The van der Waals surface area contributed by atoms with Gasteiger partial charge in [-0.2, -0.15) is 4.99 Å². The number of amidine groups is 1. The van der Waals surface area contributed by atoms with Crippen molar-refractivity contribution >= 4 is 38.4 Å². The minimum Gasteiger partial charge on any atom is -0.316 e. The minimum absolute atomic E-state index is 0.0314. The third kappa shape index (κ3) is 3.53. The van der Waals surface area contributed by atoms with Gasteiger partial charge in [-0.25, -0.2) is 12.8 Å². The van der Waals surface area contributed by atoms with Crippen molar-refractivity contribution in [1.29, 1.82) is 0 Å². The van der Waals surface area contributed by atoms with Gasteiger partial charge in [0.2, 0.25) is 0 Å². The van der Waals surface area contributed by atoms with E-state index in [9.17, 15) is 17.6 Å². The number of anilines is 1. The molecule has 26 heavy (non-hydrogen) atoms. The lowest BCUT2D eigenvalue weighted by Gasteiger charge is -2.25. The molecule has 0 aromatic heterocycles. The third-order valence-corrected chi connectivity index (χ3v) is 8.54. The number of fused-ring (bicyclic) bond motifs is 1. The van der Waals surface area contributed by atoms with E-state index >= 15 is 0 Å². The number of aliphatic imine (C=N–C) groups is 1. The predicted molar refractivity (Wildman–Crippen MR) is 102 cm³/mol. The Bertz CT molecular complexity index is 832. The molecule has 3 aliphatic rings. The molecule has 5 nitrogen and oxygen atoms in total. The first-order valence-electron chi connectivity index (χ1n) is 8.97. The molecule has 2 aliphatic heterocycles. The number of carbonyl (C=O) groups excluding carboxylic acids is 1. The highest BCUT2D eigenvalue weighted by molar-refractivity contribution is 8.16. The quantitative estimate of drug-likeness (QED) is 0.769. The third-order valence-electron chi connectivity index (χ3n) is 5.33. The molecular weight excluding hydrogens is 375 g/mol. The van der Waals surface area contributed by atoms with Gasteiger partial charge in [-0.15, -0.1) is 0 Å². The molecule has 0 spiro atoms. The molecule has 0 N–H and O–H groups in total. The molecule has 0 unspecified atom stereocenters. The van der Waals surface area contributed by atoms with Gasteiger partial charge in [-0.05, 0) is 37.1 Å². The Labute approximate surface area is 157 Å². The maximum absolute atomic E-state index is 13.3. The highest BCUT2D eigenvalue weighted by Crippen LogP contribution is 2.41. The first kappa shape index (κ1) is 18.0. The van der Waals surface area contributed by atoms with Crippen molar-refractivity contribution in [2.24, 2.45) is 10.9 Å². The fourth-order valence-corrected chi connectivity index (χ4v) is 7.92. The molecule has 2 saturated heterocycles. The van der Waals surface area contributed by atoms with Crippen molar-refractivity contribution in [1.82, 2.24) is 0 Å². The first-order chi connectivity index (χ1) is 12.4. The summed E-state index contributed by atoms with van der Waals surface area (Å²) in [6.45, 7) is 0. The lowest BCUT2D eigenvalue weighted by molar-refractivity contribution is -0.122. The Kier molecular flexibility index (Phi) is 4.81. The second kappa shape index (κ2) is 6.96. The van der Waals surface area contributed by atoms with Crippen LogP contribution < -0.4 is 4.90 Å². The van der Waals surface area contributed by atoms with E-state index in [1.807, 2.05) is 4.90 Å². The van der Waals surface area contributed by atoms with Crippen molar-refractivity contribution in [3.8, 4) is 0 Å². The fraction of sp³-hybridized carbons (Fsp3) is 0.556. The number of amides is 1. The van der Waals surface area contributed by atoms with Gasteiger partial charge < -0.3 is 4.90 Å². The average molecular weight is 397 g/mol. The molecule has 4 rings (SSSR count). The smallest absolute Gasteiger partial charge is 0.251 e. The molecule has 1 aromatic rings. The van der Waals surface area contributed by atoms with Crippen LogP contribution in [0.15, 0.2) is 29.3 Å². The maximum atomic E-state index is 13.3. The Morgan fingerprint density at radius 2 is 1.81 bits per heavy atom. The van der Waals surface area contributed by atoms with Gasteiger partial charge in [0.05, 0.1) is 17.5 Å². The zero-order valence-corrected chi connectivity index (χ0v) is 15.9. The van der Waals surface area contributed by atoms with Crippen LogP contribution in [0.1, 0.15) is 32.1 Å². The lowest BCUT2D eigenvalue weighted by Crippen LogP contribution is -2.38. The number of nitrogens with zero attached hydrogens (tertiary/aromatic N) is 2. The van der Waals surface area contributed by atoms with Gasteiger partial charge in [0.15, 0.2) is 15.0 Å². The van der Waals surface area contributed by atoms with E-state index in [2.05, 4.69) is 4.99 Å². The summed E-state index contributed by atoms with van der Waals surface area (Å²) in [6.07, 6.45) is 5.02. The van der Waals surface area contributed by atoms with Crippen LogP contribution in [-0.2, 0) is 14.6 Å². The zero-order valence-electron chi connectivity index (χ0n) is 14.3. The summed E-state index contributed by atoms with van der Waals surface area (Å²) in [4.78, 5) is 18.8. The van der Waals surface area contributed by atoms with Crippen LogP contribution in [0.2, 0.25) is 0 Å². The Morgan fingerprint density at radius 3 is 2.50 bits per heavy atom. The fourth-order valence-electron chi connectivity index (χ4n) is 4.00. The summed E-state index contributed by atoms with van der Waals surface area (Å²) in [6, 6.07) is 5.66. The highest BCUT2D eigenvalue weighted by atomic mass is 32.2. The van der Waals surface area contributed by atoms with Crippen molar-refractivity contribution in [3.63, 3.8) is 0 Å². The van der Waals surface area contributed by atoms with Crippen LogP contribution in [0.5, 0.6) is 0 Å². The first-order valence-corrected chi connectivity index (χ1v) is 11.7. The second-order valence-corrected chi connectivity index (χ2v) is 10.6. The summed E-state index contributed by atoms with van der Waals surface area (Å²) < 4.78 is 37.4. The number of rotatable bonds is 2. The molecule has 1 saturated carbocycles. The van der Waals surface area contributed by atoms with Crippen LogP contribution in [0, 0.1) is 11.7 Å². The Hall–Kier alpha value is -1.41. The van der Waals surface area contributed by atoms with E-state index in [4.69, 9.17) is 0 Å². The molecule has 1 amide bonds. The van der Waals surface area contributed by atoms with E-state index in [-0.39, 0.29) is 40.4 Å². The lowest BCUT2D eigenvalue weighted by atomic mass is 9.89. The summed E-state index contributed by atoms with van der Waals surface area (Å²) in [5, 5.41) is 0.417. The number of halogens is 1. The van der Waals surface area contributed by atoms with Crippen molar-refractivity contribution in [3.05, 3.63) is 30.1 Å². The van der Waals surface area contributed by atoms with Crippen LogP contribution in [-0.4, -0.2) is 42.3 Å². The van der Waals surface area contributed by atoms with Gasteiger partial charge in [-0.3, -0.25) is 4.79 Å². The van der Waals surface area contributed by atoms with E-state index in [1.165, 1.54) is 30.3 Å². The van der Waals surface area contributed by atoms with Crippen molar-refractivity contribution < 1.29 is 17.6 Å². The second-order valence-electron chi connectivity index (χ2n) is 7.21. The van der Waals surface area contributed by atoms with Crippen LogP contribution in [0.25, 0.3) is 0 Å². The van der Waals surface area contributed by atoms with E-state index < -0.39 is 9.84 Å². The monoisotopic (exact) mass is 396 g/mol. The molecule has 0 radical (unpaired) electrons. The Morgan fingerprint density at radius 1 is 1.12 bits per heavy atom. The molecule has 0 bridgehead atoms. The van der Waals surface area contributed by atoms with E-state index in [1.54, 1.807) is 12.1 Å². The molecule has 140 valence electrons. The molecule has 3 fully saturated rings. The molecule has 8 heteroatoms. The predicted octanol–water partition coefficient (Wildman–Crippen LogP) is 3.01. The Balaban J connectivity index is 1.65. The number of benzene rings is 1. The van der Waals surface area contributed by atoms with Gasteiger partial charge in [0, 0.05) is 16.9 Å². The van der Waals surface area contributed by atoms with Gasteiger partial charge in [-0.1, -0.05) is 31.0 Å².